The molecule has 0 aliphatic heterocycles. The van der Waals surface area contributed by atoms with E-state index in [2.05, 4.69) is 9.71 Å². The minimum absolute atomic E-state index is 0.00738. The lowest BCUT2D eigenvalue weighted by molar-refractivity contribution is 0.0702. The first-order chi connectivity index (χ1) is 9.29. The maximum absolute atomic E-state index is 12.1. The zero-order chi connectivity index (χ0) is 14.9. The van der Waals surface area contributed by atoms with Crippen molar-refractivity contribution < 1.29 is 18.3 Å². The van der Waals surface area contributed by atoms with Gasteiger partial charge in [-0.25, -0.2) is 22.9 Å². The number of rotatable bonds is 5. The number of hydrogen-bond donors (Lipinski definition) is 2. The Balaban J connectivity index is 2.20. The highest BCUT2D eigenvalue weighted by atomic mass is 32.2. The number of thiazole rings is 1. The Kier molecular flexibility index (Phi) is 4.23. The maximum atomic E-state index is 12.1. The monoisotopic (exact) mass is 332 g/mol. The van der Waals surface area contributed by atoms with Gasteiger partial charge in [-0.1, -0.05) is 0 Å². The first kappa shape index (κ1) is 15.1. The summed E-state index contributed by atoms with van der Waals surface area (Å²) in [6.07, 6.45) is 0. The summed E-state index contributed by atoms with van der Waals surface area (Å²) >= 11 is 2.31. The van der Waals surface area contributed by atoms with Gasteiger partial charge in [0.05, 0.1) is 11.4 Å². The lowest BCUT2D eigenvalue weighted by Gasteiger charge is -2.04. The molecule has 9 heteroatoms. The van der Waals surface area contributed by atoms with Crippen LogP contribution < -0.4 is 4.72 Å². The van der Waals surface area contributed by atoms with Crippen molar-refractivity contribution in [1.82, 2.24) is 9.71 Å². The van der Waals surface area contributed by atoms with Crippen LogP contribution in [-0.4, -0.2) is 24.5 Å². The normalized spacial score (nSPS) is 11.7. The SMILES string of the molecule is Cc1csc(CNS(=O)(=O)c2cc(C(=O)O)sc2C)n1. The second-order valence-corrected chi connectivity index (χ2v) is 7.98. The number of hydrogen-bond acceptors (Lipinski definition) is 6. The molecule has 2 heterocycles. The van der Waals surface area contributed by atoms with Gasteiger partial charge < -0.3 is 5.11 Å². The number of aryl methyl sites for hydroxylation is 2. The number of aromatic nitrogens is 1. The third kappa shape index (κ3) is 3.23. The van der Waals surface area contributed by atoms with Gasteiger partial charge in [-0.2, -0.15) is 0 Å². The highest BCUT2D eigenvalue weighted by Gasteiger charge is 2.22. The van der Waals surface area contributed by atoms with E-state index in [0.717, 1.165) is 17.0 Å². The molecule has 0 unspecified atom stereocenters. The van der Waals surface area contributed by atoms with Crippen molar-refractivity contribution in [2.45, 2.75) is 25.3 Å². The molecular formula is C11H12N2O4S3. The average molecular weight is 332 g/mol. The summed E-state index contributed by atoms with van der Waals surface area (Å²) in [5, 5.41) is 11.4. The smallest absolute Gasteiger partial charge is 0.345 e. The molecule has 2 aromatic rings. The Morgan fingerprint density at radius 3 is 2.65 bits per heavy atom. The van der Waals surface area contributed by atoms with E-state index in [1.54, 1.807) is 6.92 Å². The number of aromatic carboxylic acids is 1. The fraction of sp³-hybridized carbons (Fsp3) is 0.273. The number of thiophene rings is 1. The molecule has 0 aromatic carbocycles. The summed E-state index contributed by atoms with van der Waals surface area (Å²) in [4.78, 5) is 15.5. The van der Waals surface area contributed by atoms with Crippen molar-refractivity contribution in [3.63, 3.8) is 0 Å². The molecule has 20 heavy (non-hydrogen) atoms. The molecule has 2 rings (SSSR count). The van der Waals surface area contributed by atoms with Crippen LogP contribution >= 0.6 is 22.7 Å². The van der Waals surface area contributed by atoms with E-state index in [1.165, 1.54) is 17.4 Å². The Labute approximate surface area is 124 Å². The fourth-order valence-corrected chi connectivity index (χ4v) is 4.77. The summed E-state index contributed by atoms with van der Waals surface area (Å²) in [7, 11) is -3.73. The van der Waals surface area contributed by atoms with Crippen molar-refractivity contribution >= 4 is 38.7 Å². The van der Waals surface area contributed by atoms with Crippen LogP contribution in [0.3, 0.4) is 0 Å². The number of carbonyl (C=O) groups is 1. The topological polar surface area (TPSA) is 96.4 Å². The fourth-order valence-electron chi connectivity index (χ4n) is 1.56. The predicted octanol–water partition coefficient (Wildman–Crippen LogP) is 2.00. The summed E-state index contributed by atoms with van der Waals surface area (Å²) < 4.78 is 26.7. The largest absolute Gasteiger partial charge is 0.477 e. The van der Waals surface area contributed by atoms with Crippen molar-refractivity contribution in [3.05, 3.63) is 31.9 Å². The Bertz CT molecular complexity index is 746. The van der Waals surface area contributed by atoms with E-state index in [-0.39, 0.29) is 16.3 Å². The van der Waals surface area contributed by atoms with Crippen LogP contribution in [-0.2, 0) is 16.6 Å². The summed E-state index contributed by atoms with van der Waals surface area (Å²) in [5.74, 6) is -1.13. The molecule has 0 spiro atoms. The quantitative estimate of drug-likeness (QED) is 0.873. The maximum Gasteiger partial charge on any atom is 0.345 e. The van der Waals surface area contributed by atoms with Crippen LogP contribution in [0, 0.1) is 13.8 Å². The minimum atomic E-state index is -3.73. The molecule has 0 saturated heterocycles. The predicted molar refractivity (Wildman–Crippen MR) is 76.9 cm³/mol. The molecule has 0 amide bonds. The van der Waals surface area contributed by atoms with E-state index in [9.17, 15) is 13.2 Å². The molecule has 0 atom stereocenters. The van der Waals surface area contributed by atoms with Gasteiger partial charge in [-0.05, 0) is 19.9 Å². The van der Waals surface area contributed by atoms with Crippen LogP contribution in [0.25, 0.3) is 0 Å². The van der Waals surface area contributed by atoms with Crippen LogP contribution in [0.1, 0.15) is 25.3 Å². The van der Waals surface area contributed by atoms with Crippen molar-refractivity contribution in [1.29, 1.82) is 0 Å². The molecule has 6 nitrogen and oxygen atoms in total. The highest BCUT2D eigenvalue weighted by molar-refractivity contribution is 7.89. The molecule has 0 aliphatic carbocycles. The van der Waals surface area contributed by atoms with Gasteiger partial charge in [0.25, 0.3) is 0 Å². The standard InChI is InChI=1S/C11H12N2O4S3/c1-6-5-18-10(13-6)4-12-20(16,17)9-3-8(11(14)15)19-7(9)2/h3,5,12H,4H2,1-2H3,(H,14,15). The van der Waals surface area contributed by atoms with Crippen LogP contribution in [0.4, 0.5) is 0 Å². The Hall–Kier alpha value is -1.29. The lowest BCUT2D eigenvalue weighted by atomic mass is 10.4. The van der Waals surface area contributed by atoms with Crippen LogP contribution in [0.15, 0.2) is 16.3 Å². The Morgan fingerprint density at radius 2 is 2.15 bits per heavy atom. The molecular weight excluding hydrogens is 320 g/mol. The third-order valence-electron chi connectivity index (χ3n) is 2.45. The minimum Gasteiger partial charge on any atom is -0.477 e. The molecule has 2 aromatic heterocycles. The number of nitrogens with one attached hydrogen (secondary N) is 1. The van der Waals surface area contributed by atoms with Gasteiger partial charge in [-0.3, -0.25) is 0 Å². The van der Waals surface area contributed by atoms with Gasteiger partial charge in [0.1, 0.15) is 9.88 Å². The number of sulfonamides is 1. The molecule has 0 bridgehead atoms. The molecule has 2 N–H and O–H groups in total. The molecule has 0 aliphatic rings. The zero-order valence-corrected chi connectivity index (χ0v) is 13.2. The van der Waals surface area contributed by atoms with E-state index in [1.807, 2.05) is 12.3 Å². The molecule has 108 valence electrons. The van der Waals surface area contributed by atoms with E-state index in [4.69, 9.17) is 5.11 Å². The number of nitrogens with zero attached hydrogens (tertiary/aromatic N) is 1. The molecule has 0 saturated carbocycles. The lowest BCUT2D eigenvalue weighted by Crippen LogP contribution is -2.23. The summed E-state index contributed by atoms with van der Waals surface area (Å²) in [6, 6.07) is 1.18. The summed E-state index contributed by atoms with van der Waals surface area (Å²) in [6.45, 7) is 3.51. The highest BCUT2D eigenvalue weighted by Crippen LogP contribution is 2.25. The number of carboxylic acids is 1. The third-order valence-corrected chi connectivity index (χ3v) is 6.11. The zero-order valence-electron chi connectivity index (χ0n) is 10.7. The first-order valence-corrected chi connectivity index (χ1v) is 8.72. The molecule has 0 fully saturated rings. The summed E-state index contributed by atoms with van der Waals surface area (Å²) in [5.41, 5.74) is 0.837. The number of carboxylic acid groups (broad SMARTS) is 1. The van der Waals surface area contributed by atoms with Crippen molar-refractivity contribution in [2.24, 2.45) is 0 Å². The van der Waals surface area contributed by atoms with Gasteiger partial charge in [0.15, 0.2) is 0 Å². The first-order valence-electron chi connectivity index (χ1n) is 5.54. The van der Waals surface area contributed by atoms with Gasteiger partial charge >= 0.3 is 5.97 Å². The van der Waals surface area contributed by atoms with E-state index >= 15 is 0 Å². The van der Waals surface area contributed by atoms with Gasteiger partial charge in [0, 0.05) is 16.0 Å². The van der Waals surface area contributed by atoms with Crippen LogP contribution in [0.5, 0.6) is 0 Å². The van der Waals surface area contributed by atoms with E-state index < -0.39 is 16.0 Å². The van der Waals surface area contributed by atoms with Crippen LogP contribution in [0.2, 0.25) is 0 Å². The van der Waals surface area contributed by atoms with Crippen molar-refractivity contribution in [2.75, 3.05) is 0 Å². The second-order valence-electron chi connectivity index (χ2n) is 4.04. The Morgan fingerprint density at radius 1 is 1.45 bits per heavy atom. The molecule has 0 radical (unpaired) electrons. The van der Waals surface area contributed by atoms with E-state index in [0.29, 0.717) is 9.88 Å². The average Bonchev–Trinajstić information content (AvgIpc) is 2.93. The van der Waals surface area contributed by atoms with Gasteiger partial charge in [0.2, 0.25) is 10.0 Å². The van der Waals surface area contributed by atoms with Crippen molar-refractivity contribution in [3.8, 4) is 0 Å². The van der Waals surface area contributed by atoms with Gasteiger partial charge in [-0.15, -0.1) is 22.7 Å². The second kappa shape index (κ2) is 5.60.